The molecule has 0 saturated heterocycles. The zero-order valence-electron chi connectivity index (χ0n) is 18.6. The number of aromatic nitrogens is 1. The largest absolute Gasteiger partial charge is 0.484 e. The maximum atomic E-state index is 11.6. The minimum Gasteiger partial charge on any atom is -0.484 e. The molecule has 4 N–H and O–H groups in total. The summed E-state index contributed by atoms with van der Waals surface area (Å²) in [4.78, 5) is 19.6. The van der Waals surface area contributed by atoms with Gasteiger partial charge in [-0.25, -0.2) is 4.99 Å². The molecular weight excluding hydrogens is 517 g/mol. The SMILES string of the molecule is CCNC(=O)COc1cccc(CN=C(NCC)NCCc2c[nH]c3ccccc23)c1.I. The van der Waals surface area contributed by atoms with Crippen molar-refractivity contribution in [2.75, 3.05) is 26.2 Å². The monoisotopic (exact) mass is 549 g/mol. The number of fused-ring (bicyclic) bond motifs is 1. The van der Waals surface area contributed by atoms with Crippen LogP contribution in [0.4, 0.5) is 0 Å². The van der Waals surface area contributed by atoms with Crippen molar-refractivity contribution in [1.29, 1.82) is 0 Å². The quantitative estimate of drug-likeness (QED) is 0.177. The molecule has 0 aliphatic rings. The van der Waals surface area contributed by atoms with Gasteiger partial charge in [-0.3, -0.25) is 4.79 Å². The van der Waals surface area contributed by atoms with E-state index in [2.05, 4.69) is 50.3 Å². The third kappa shape index (κ3) is 7.74. The third-order valence-electron chi connectivity index (χ3n) is 4.77. The number of aromatic amines is 1. The van der Waals surface area contributed by atoms with Gasteiger partial charge >= 0.3 is 0 Å². The fraction of sp³-hybridized carbons (Fsp3) is 0.333. The second-order valence-corrected chi connectivity index (χ2v) is 7.12. The molecule has 0 aliphatic heterocycles. The van der Waals surface area contributed by atoms with Crippen LogP contribution in [0.5, 0.6) is 5.75 Å². The van der Waals surface area contributed by atoms with Gasteiger partial charge in [-0.1, -0.05) is 30.3 Å². The zero-order chi connectivity index (χ0) is 21.9. The molecule has 7 nitrogen and oxygen atoms in total. The number of amides is 1. The molecule has 0 fully saturated rings. The Morgan fingerprint density at radius 3 is 2.66 bits per heavy atom. The molecule has 1 heterocycles. The van der Waals surface area contributed by atoms with Crippen LogP contribution in [-0.4, -0.2) is 43.1 Å². The van der Waals surface area contributed by atoms with Crippen LogP contribution in [0.15, 0.2) is 59.7 Å². The number of carbonyl (C=O) groups excluding carboxylic acids is 1. The first kappa shape index (κ1) is 25.5. The summed E-state index contributed by atoms with van der Waals surface area (Å²) in [6.45, 7) is 6.62. The number of ether oxygens (including phenoxy) is 1. The molecular formula is C24H32IN5O2. The van der Waals surface area contributed by atoms with E-state index in [-0.39, 0.29) is 36.5 Å². The first-order valence-corrected chi connectivity index (χ1v) is 10.7. The number of hydrogen-bond donors (Lipinski definition) is 4. The lowest BCUT2D eigenvalue weighted by molar-refractivity contribution is -0.122. The Hall–Kier alpha value is -2.75. The van der Waals surface area contributed by atoms with Gasteiger partial charge in [0.1, 0.15) is 5.75 Å². The van der Waals surface area contributed by atoms with Crippen molar-refractivity contribution in [3.05, 3.63) is 65.9 Å². The van der Waals surface area contributed by atoms with E-state index >= 15 is 0 Å². The van der Waals surface area contributed by atoms with Crippen LogP contribution in [0.2, 0.25) is 0 Å². The Kier molecular flexibility index (Phi) is 10.9. The number of guanidine groups is 1. The average Bonchev–Trinajstić information content (AvgIpc) is 3.20. The summed E-state index contributed by atoms with van der Waals surface area (Å²) >= 11 is 0. The molecule has 3 aromatic rings. The van der Waals surface area contributed by atoms with Gasteiger partial charge in [0.2, 0.25) is 0 Å². The number of benzene rings is 2. The van der Waals surface area contributed by atoms with Gasteiger partial charge in [0.05, 0.1) is 6.54 Å². The van der Waals surface area contributed by atoms with Crippen LogP contribution in [0.3, 0.4) is 0 Å². The molecule has 0 atom stereocenters. The molecule has 32 heavy (non-hydrogen) atoms. The molecule has 0 bridgehead atoms. The molecule has 1 amide bonds. The van der Waals surface area contributed by atoms with Crippen molar-refractivity contribution >= 4 is 46.7 Å². The van der Waals surface area contributed by atoms with Gasteiger partial charge in [-0.05, 0) is 49.6 Å². The highest BCUT2D eigenvalue weighted by Gasteiger charge is 2.05. The molecule has 3 rings (SSSR count). The number of para-hydroxylation sites is 1. The maximum Gasteiger partial charge on any atom is 0.257 e. The summed E-state index contributed by atoms with van der Waals surface area (Å²) in [6, 6.07) is 16.0. The normalized spacial score (nSPS) is 11.0. The molecule has 1 aromatic heterocycles. The number of carbonyl (C=O) groups is 1. The Morgan fingerprint density at radius 1 is 1.03 bits per heavy atom. The molecule has 2 aromatic carbocycles. The summed E-state index contributed by atoms with van der Waals surface area (Å²) in [5.41, 5.74) is 3.46. The highest BCUT2D eigenvalue weighted by Crippen LogP contribution is 2.17. The van der Waals surface area contributed by atoms with Gasteiger partial charge in [-0.2, -0.15) is 0 Å². The van der Waals surface area contributed by atoms with Gasteiger partial charge < -0.3 is 25.7 Å². The van der Waals surface area contributed by atoms with E-state index in [1.54, 1.807) is 0 Å². The van der Waals surface area contributed by atoms with E-state index in [0.29, 0.717) is 18.8 Å². The van der Waals surface area contributed by atoms with E-state index in [1.807, 2.05) is 44.2 Å². The fourth-order valence-electron chi connectivity index (χ4n) is 3.30. The number of nitrogens with zero attached hydrogens (tertiary/aromatic N) is 1. The van der Waals surface area contributed by atoms with Crippen molar-refractivity contribution in [3.8, 4) is 5.75 Å². The number of halogens is 1. The van der Waals surface area contributed by atoms with Gasteiger partial charge in [0.25, 0.3) is 5.91 Å². The van der Waals surface area contributed by atoms with E-state index in [1.165, 1.54) is 10.9 Å². The summed E-state index contributed by atoms with van der Waals surface area (Å²) in [7, 11) is 0. The minimum absolute atomic E-state index is 0. The van der Waals surface area contributed by atoms with Crippen LogP contribution in [0, 0.1) is 0 Å². The highest BCUT2D eigenvalue weighted by atomic mass is 127. The van der Waals surface area contributed by atoms with Crippen molar-refractivity contribution in [3.63, 3.8) is 0 Å². The van der Waals surface area contributed by atoms with Crippen molar-refractivity contribution < 1.29 is 9.53 Å². The second-order valence-electron chi connectivity index (χ2n) is 7.12. The average molecular weight is 549 g/mol. The number of hydrogen-bond acceptors (Lipinski definition) is 3. The summed E-state index contributed by atoms with van der Waals surface area (Å²) in [5, 5.41) is 10.7. The zero-order valence-corrected chi connectivity index (χ0v) is 20.9. The predicted molar refractivity (Wildman–Crippen MR) is 141 cm³/mol. The van der Waals surface area contributed by atoms with Crippen LogP contribution in [-0.2, 0) is 17.8 Å². The lowest BCUT2D eigenvalue weighted by Gasteiger charge is -2.11. The lowest BCUT2D eigenvalue weighted by Crippen LogP contribution is -2.38. The number of H-pyrrole nitrogens is 1. The predicted octanol–water partition coefficient (Wildman–Crippen LogP) is 3.60. The Labute approximate surface area is 206 Å². The van der Waals surface area contributed by atoms with Crippen LogP contribution in [0.1, 0.15) is 25.0 Å². The van der Waals surface area contributed by atoms with Crippen LogP contribution >= 0.6 is 24.0 Å². The topological polar surface area (TPSA) is 90.5 Å². The molecule has 0 saturated carbocycles. The molecule has 8 heteroatoms. The second kappa shape index (κ2) is 13.6. The first-order chi connectivity index (χ1) is 15.2. The Balaban J connectivity index is 0.00000363. The molecule has 0 aliphatic carbocycles. The summed E-state index contributed by atoms with van der Waals surface area (Å²) in [5.74, 6) is 1.31. The molecule has 0 radical (unpaired) electrons. The van der Waals surface area contributed by atoms with Crippen molar-refractivity contribution in [2.24, 2.45) is 4.99 Å². The van der Waals surface area contributed by atoms with Crippen molar-refractivity contribution in [1.82, 2.24) is 20.9 Å². The van der Waals surface area contributed by atoms with E-state index in [0.717, 1.165) is 36.6 Å². The van der Waals surface area contributed by atoms with E-state index < -0.39 is 0 Å². The summed E-state index contributed by atoms with van der Waals surface area (Å²) in [6.07, 6.45) is 2.97. The smallest absolute Gasteiger partial charge is 0.257 e. The molecule has 172 valence electrons. The molecule has 0 spiro atoms. The number of likely N-dealkylation sites (N-methyl/N-ethyl adjacent to an activating group) is 1. The number of aliphatic imine (C=N–C) groups is 1. The fourth-order valence-corrected chi connectivity index (χ4v) is 3.30. The van der Waals surface area contributed by atoms with Crippen LogP contribution in [0.25, 0.3) is 10.9 Å². The van der Waals surface area contributed by atoms with Gasteiger partial charge in [0, 0.05) is 36.7 Å². The maximum absolute atomic E-state index is 11.6. The standard InChI is InChI=1S/C24H31N5O2.HI/c1-3-25-23(30)17-31-20-9-7-8-18(14-20)15-29-24(26-4-2)27-13-12-19-16-28-22-11-6-5-10-21(19)22;/h5-11,14,16,28H,3-4,12-13,15,17H2,1-2H3,(H,25,30)(H2,26,27,29);1H. The van der Waals surface area contributed by atoms with Crippen LogP contribution < -0.4 is 20.7 Å². The number of nitrogens with one attached hydrogen (secondary N) is 4. The van der Waals surface area contributed by atoms with Gasteiger partial charge in [-0.15, -0.1) is 24.0 Å². The molecule has 0 unspecified atom stereocenters. The highest BCUT2D eigenvalue weighted by molar-refractivity contribution is 14.0. The Bertz CT molecular complexity index is 1020. The first-order valence-electron chi connectivity index (χ1n) is 10.7. The van der Waals surface area contributed by atoms with Crippen molar-refractivity contribution in [2.45, 2.75) is 26.8 Å². The third-order valence-corrected chi connectivity index (χ3v) is 4.77. The van der Waals surface area contributed by atoms with E-state index in [4.69, 9.17) is 4.74 Å². The Morgan fingerprint density at radius 2 is 1.84 bits per heavy atom. The van der Waals surface area contributed by atoms with E-state index in [9.17, 15) is 4.79 Å². The summed E-state index contributed by atoms with van der Waals surface area (Å²) < 4.78 is 5.56. The minimum atomic E-state index is -0.125. The number of rotatable bonds is 10. The lowest BCUT2D eigenvalue weighted by atomic mass is 10.1. The van der Waals surface area contributed by atoms with Gasteiger partial charge in [0.15, 0.2) is 12.6 Å².